The Morgan fingerprint density at radius 3 is 2.50 bits per heavy atom. The van der Waals surface area contributed by atoms with Gasteiger partial charge in [-0.25, -0.2) is 0 Å². The summed E-state index contributed by atoms with van der Waals surface area (Å²) >= 11 is 0. The summed E-state index contributed by atoms with van der Waals surface area (Å²) in [7, 11) is 0. The summed E-state index contributed by atoms with van der Waals surface area (Å²) in [6.45, 7) is 8.23. The largest absolute Gasteiger partial charge is 0.373 e. The van der Waals surface area contributed by atoms with Crippen LogP contribution in [0.1, 0.15) is 40.5 Å². The van der Waals surface area contributed by atoms with Crippen molar-refractivity contribution in [1.82, 2.24) is 0 Å². The molecule has 2 unspecified atom stereocenters. The number of carbonyl (C=O) groups excluding carboxylic acids is 1. The summed E-state index contributed by atoms with van der Waals surface area (Å²) in [5.41, 5.74) is -0.127. The highest BCUT2D eigenvalue weighted by Crippen LogP contribution is 2.22. The third-order valence-electron chi connectivity index (χ3n) is 2.26. The highest BCUT2D eigenvalue weighted by molar-refractivity contribution is 5.80. The lowest BCUT2D eigenvalue weighted by molar-refractivity contribution is -0.130. The van der Waals surface area contributed by atoms with Crippen LogP contribution in [0.4, 0.5) is 0 Å². The maximum Gasteiger partial charge on any atom is 0.158 e. The number of hydrogen-bond acceptors (Lipinski definition) is 3. The summed E-state index contributed by atoms with van der Waals surface area (Å²) in [6.07, 6.45) is 1.68. The summed E-state index contributed by atoms with van der Waals surface area (Å²) < 4.78 is 11.1. The second kappa shape index (κ2) is 4.41. The van der Waals surface area contributed by atoms with E-state index in [1.165, 1.54) is 0 Å². The smallest absolute Gasteiger partial charge is 0.158 e. The Morgan fingerprint density at radius 2 is 2.07 bits per heavy atom. The van der Waals surface area contributed by atoms with Crippen molar-refractivity contribution in [3.05, 3.63) is 0 Å². The van der Waals surface area contributed by atoms with Gasteiger partial charge in [-0.2, -0.15) is 0 Å². The van der Waals surface area contributed by atoms with Crippen LogP contribution in [0, 0.1) is 0 Å². The van der Waals surface area contributed by atoms with E-state index in [1.807, 2.05) is 20.8 Å². The molecule has 1 fully saturated rings. The zero-order valence-corrected chi connectivity index (χ0v) is 9.50. The SMILES string of the molecule is CC(=O)C1CCC(COC(C)(C)C)O1. The summed E-state index contributed by atoms with van der Waals surface area (Å²) in [6, 6.07) is 0. The second-order valence-electron chi connectivity index (χ2n) is 4.86. The van der Waals surface area contributed by atoms with Crippen LogP contribution in [0.3, 0.4) is 0 Å². The van der Waals surface area contributed by atoms with Crippen molar-refractivity contribution < 1.29 is 14.3 Å². The molecule has 3 heteroatoms. The van der Waals surface area contributed by atoms with Crippen LogP contribution >= 0.6 is 0 Å². The molecular formula is C11H20O3. The maximum atomic E-state index is 11.0. The standard InChI is InChI=1S/C11H20O3/c1-8(12)10-6-5-9(14-10)7-13-11(2,3)4/h9-10H,5-7H2,1-4H3. The molecule has 0 aliphatic carbocycles. The van der Waals surface area contributed by atoms with Gasteiger partial charge in [0.05, 0.1) is 18.3 Å². The van der Waals surface area contributed by atoms with Crippen molar-refractivity contribution in [2.75, 3.05) is 6.61 Å². The Morgan fingerprint density at radius 1 is 1.43 bits per heavy atom. The van der Waals surface area contributed by atoms with Gasteiger partial charge in [-0.15, -0.1) is 0 Å². The zero-order chi connectivity index (χ0) is 10.8. The summed E-state index contributed by atoms with van der Waals surface area (Å²) in [5, 5.41) is 0. The number of Topliss-reactive ketones (excluding diaryl/α,β-unsaturated/α-hetero) is 1. The van der Waals surface area contributed by atoms with E-state index >= 15 is 0 Å². The lowest BCUT2D eigenvalue weighted by Crippen LogP contribution is -2.27. The van der Waals surface area contributed by atoms with Gasteiger partial charge in [0.25, 0.3) is 0 Å². The molecule has 0 aromatic carbocycles. The van der Waals surface area contributed by atoms with Crippen LogP contribution in [0.5, 0.6) is 0 Å². The minimum atomic E-state index is -0.191. The van der Waals surface area contributed by atoms with E-state index in [-0.39, 0.29) is 23.6 Å². The van der Waals surface area contributed by atoms with E-state index in [0.717, 1.165) is 12.8 Å². The van der Waals surface area contributed by atoms with Gasteiger partial charge >= 0.3 is 0 Å². The van der Waals surface area contributed by atoms with Crippen molar-refractivity contribution in [3.63, 3.8) is 0 Å². The van der Waals surface area contributed by atoms with E-state index in [9.17, 15) is 4.79 Å². The highest BCUT2D eigenvalue weighted by Gasteiger charge is 2.29. The Kier molecular flexibility index (Phi) is 3.67. The fourth-order valence-corrected chi connectivity index (χ4v) is 1.47. The van der Waals surface area contributed by atoms with E-state index in [4.69, 9.17) is 9.47 Å². The van der Waals surface area contributed by atoms with Crippen molar-refractivity contribution in [3.8, 4) is 0 Å². The van der Waals surface area contributed by atoms with Gasteiger partial charge in [0.2, 0.25) is 0 Å². The number of hydrogen-bond donors (Lipinski definition) is 0. The molecule has 0 spiro atoms. The van der Waals surface area contributed by atoms with Gasteiger partial charge in [-0.3, -0.25) is 4.79 Å². The normalized spacial score (nSPS) is 28.0. The molecule has 0 aromatic rings. The van der Waals surface area contributed by atoms with E-state index in [2.05, 4.69) is 0 Å². The number of rotatable bonds is 3. The minimum Gasteiger partial charge on any atom is -0.373 e. The molecule has 0 radical (unpaired) electrons. The molecule has 2 atom stereocenters. The van der Waals surface area contributed by atoms with E-state index < -0.39 is 0 Å². The van der Waals surface area contributed by atoms with E-state index in [0.29, 0.717) is 6.61 Å². The molecule has 1 heterocycles. The van der Waals surface area contributed by atoms with Gasteiger partial charge < -0.3 is 9.47 Å². The van der Waals surface area contributed by atoms with Gasteiger partial charge in [-0.1, -0.05) is 0 Å². The molecule has 0 N–H and O–H groups in total. The average Bonchev–Trinajstić information content (AvgIpc) is 2.47. The predicted molar refractivity (Wildman–Crippen MR) is 54.3 cm³/mol. The van der Waals surface area contributed by atoms with Crippen LogP contribution in [-0.2, 0) is 14.3 Å². The van der Waals surface area contributed by atoms with Crippen molar-refractivity contribution >= 4 is 5.78 Å². The van der Waals surface area contributed by atoms with Gasteiger partial charge in [0.1, 0.15) is 6.10 Å². The number of carbonyl (C=O) groups is 1. The van der Waals surface area contributed by atoms with Gasteiger partial charge in [0.15, 0.2) is 5.78 Å². The third kappa shape index (κ3) is 3.76. The lowest BCUT2D eigenvalue weighted by atomic mass is 10.1. The molecule has 0 saturated carbocycles. The molecule has 1 rings (SSSR count). The fraction of sp³-hybridized carbons (Fsp3) is 0.909. The minimum absolute atomic E-state index is 0.100. The molecule has 0 aromatic heterocycles. The van der Waals surface area contributed by atoms with Crippen LogP contribution < -0.4 is 0 Å². The van der Waals surface area contributed by atoms with Gasteiger partial charge in [-0.05, 0) is 40.5 Å². The Bertz CT molecular complexity index is 205. The second-order valence-corrected chi connectivity index (χ2v) is 4.86. The van der Waals surface area contributed by atoms with Crippen molar-refractivity contribution in [2.45, 2.75) is 58.3 Å². The molecular weight excluding hydrogens is 180 g/mol. The van der Waals surface area contributed by atoms with Crippen LogP contribution in [0.15, 0.2) is 0 Å². The number of ketones is 1. The van der Waals surface area contributed by atoms with Crippen LogP contribution in [0.25, 0.3) is 0 Å². The molecule has 14 heavy (non-hydrogen) atoms. The van der Waals surface area contributed by atoms with Crippen LogP contribution in [0.2, 0.25) is 0 Å². The molecule has 82 valence electrons. The first-order valence-corrected chi connectivity index (χ1v) is 5.18. The number of ether oxygens (including phenoxy) is 2. The maximum absolute atomic E-state index is 11.0. The Labute approximate surface area is 85.8 Å². The molecule has 1 aliphatic heterocycles. The molecule has 3 nitrogen and oxygen atoms in total. The molecule has 0 amide bonds. The monoisotopic (exact) mass is 200 g/mol. The topological polar surface area (TPSA) is 35.5 Å². The Hall–Kier alpha value is -0.410. The fourth-order valence-electron chi connectivity index (χ4n) is 1.47. The summed E-state index contributed by atoms with van der Waals surface area (Å²) in [5.74, 6) is 0.128. The van der Waals surface area contributed by atoms with Gasteiger partial charge in [0, 0.05) is 0 Å². The highest BCUT2D eigenvalue weighted by atomic mass is 16.6. The predicted octanol–water partition coefficient (Wildman–Crippen LogP) is 1.94. The van der Waals surface area contributed by atoms with E-state index in [1.54, 1.807) is 6.92 Å². The molecule has 0 bridgehead atoms. The Balaban J connectivity index is 2.26. The van der Waals surface area contributed by atoms with Crippen molar-refractivity contribution in [2.24, 2.45) is 0 Å². The molecule has 1 saturated heterocycles. The van der Waals surface area contributed by atoms with Crippen molar-refractivity contribution in [1.29, 1.82) is 0 Å². The first kappa shape index (κ1) is 11.7. The molecule has 1 aliphatic rings. The zero-order valence-electron chi connectivity index (χ0n) is 9.50. The quantitative estimate of drug-likeness (QED) is 0.698. The lowest BCUT2D eigenvalue weighted by Gasteiger charge is -2.22. The average molecular weight is 200 g/mol. The first-order chi connectivity index (χ1) is 6.38. The first-order valence-electron chi connectivity index (χ1n) is 5.18. The summed E-state index contributed by atoms with van der Waals surface area (Å²) in [4.78, 5) is 11.0. The third-order valence-corrected chi connectivity index (χ3v) is 2.26. The van der Waals surface area contributed by atoms with Crippen LogP contribution in [-0.4, -0.2) is 30.2 Å².